The fraction of sp³-hybridized carbons (Fsp3) is 0.200. The minimum atomic E-state index is -0.272. The lowest BCUT2D eigenvalue weighted by Crippen LogP contribution is -2.14. The highest BCUT2D eigenvalue weighted by atomic mass is 79.9. The molecule has 2 N–H and O–H groups in total. The van der Waals surface area contributed by atoms with E-state index in [1.54, 1.807) is 13.1 Å². The predicted octanol–water partition coefficient (Wildman–Crippen LogP) is 4.41. The zero-order chi connectivity index (χ0) is 15.6. The summed E-state index contributed by atoms with van der Waals surface area (Å²) in [6, 6.07) is 5.58. The predicted molar refractivity (Wildman–Crippen MR) is 90.4 cm³/mol. The van der Waals surface area contributed by atoms with Crippen molar-refractivity contribution in [1.82, 2.24) is 4.98 Å². The van der Waals surface area contributed by atoms with Crippen LogP contribution in [0.3, 0.4) is 0 Å². The van der Waals surface area contributed by atoms with E-state index in [1.807, 2.05) is 26.0 Å². The van der Waals surface area contributed by atoms with Crippen LogP contribution in [-0.4, -0.2) is 17.9 Å². The van der Waals surface area contributed by atoms with Crippen LogP contribution < -0.4 is 10.6 Å². The van der Waals surface area contributed by atoms with E-state index in [0.29, 0.717) is 16.4 Å². The Balaban J connectivity index is 2.35. The molecule has 0 unspecified atom stereocenters. The standard InChI is InChI=1S/C15H15BrClN3O/c1-8-4-9(2)14(11(16)5-8)20-15(21)10-6-13(18-3)19-7-12(10)17/h4-7H,1-3H3,(H,18,19)(H,20,21). The van der Waals surface area contributed by atoms with Gasteiger partial charge in [-0.2, -0.15) is 0 Å². The van der Waals surface area contributed by atoms with Crippen LogP contribution in [0.1, 0.15) is 21.5 Å². The Labute approximate surface area is 137 Å². The summed E-state index contributed by atoms with van der Waals surface area (Å²) in [6.07, 6.45) is 1.46. The Morgan fingerprint density at radius 3 is 2.62 bits per heavy atom. The average molecular weight is 369 g/mol. The number of aryl methyl sites for hydroxylation is 2. The van der Waals surface area contributed by atoms with Gasteiger partial charge in [0.15, 0.2) is 0 Å². The number of nitrogens with zero attached hydrogens (tertiary/aromatic N) is 1. The Morgan fingerprint density at radius 2 is 2.00 bits per heavy atom. The van der Waals surface area contributed by atoms with Crippen molar-refractivity contribution in [2.24, 2.45) is 0 Å². The fourth-order valence-corrected chi connectivity index (χ4v) is 2.97. The van der Waals surface area contributed by atoms with E-state index in [1.165, 1.54) is 6.20 Å². The van der Waals surface area contributed by atoms with Crippen LogP contribution in [0.2, 0.25) is 5.02 Å². The quantitative estimate of drug-likeness (QED) is 0.844. The van der Waals surface area contributed by atoms with Crippen molar-refractivity contribution in [3.8, 4) is 0 Å². The van der Waals surface area contributed by atoms with E-state index in [9.17, 15) is 4.79 Å². The van der Waals surface area contributed by atoms with Gasteiger partial charge in [-0.05, 0) is 53.0 Å². The van der Waals surface area contributed by atoms with Crippen molar-refractivity contribution in [1.29, 1.82) is 0 Å². The zero-order valence-electron chi connectivity index (χ0n) is 11.9. The minimum Gasteiger partial charge on any atom is -0.373 e. The van der Waals surface area contributed by atoms with Crippen LogP contribution in [0.5, 0.6) is 0 Å². The van der Waals surface area contributed by atoms with E-state index in [2.05, 4.69) is 31.5 Å². The summed E-state index contributed by atoms with van der Waals surface area (Å²) < 4.78 is 0.840. The molecule has 0 atom stereocenters. The second kappa shape index (κ2) is 6.45. The molecule has 1 aromatic heterocycles. The highest BCUT2D eigenvalue weighted by Crippen LogP contribution is 2.29. The molecule has 0 saturated heterocycles. The van der Waals surface area contributed by atoms with E-state index >= 15 is 0 Å². The van der Waals surface area contributed by atoms with Gasteiger partial charge in [-0.1, -0.05) is 17.7 Å². The maximum absolute atomic E-state index is 12.4. The first-order chi connectivity index (χ1) is 9.92. The average Bonchev–Trinajstić information content (AvgIpc) is 2.43. The molecule has 2 rings (SSSR count). The number of amides is 1. The van der Waals surface area contributed by atoms with Crippen molar-refractivity contribution < 1.29 is 4.79 Å². The van der Waals surface area contributed by atoms with Crippen LogP contribution in [-0.2, 0) is 0 Å². The topological polar surface area (TPSA) is 54.0 Å². The Bertz CT molecular complexity index is 680. The molecule has 110 valence electrons. The van der Waals surface area contributed by atoms with E-state index in [4.69, 9.17) is 11.6 Å². The van der Waals surface area contributed by atoms with Gasteiger partial charge >= 0.3 is 0 Å². The lowest BCUT2D eigenvalue weighted by Gasteiger charge is -2.13. The number of benzene rings is 1. The number of carbonyl (C=O) groups is 1. The van der Waals surface area contributed by atoms with E-state index < -0.39 is 0 Å². The maximum atomic E-state index is 12.4. The fourth-order valence-electron chi connectivity index (χ4n) is 2.00. The third kappa shape index (κ3) is 3.54. The molecular weight excluding hydrogens is 354 g/mol. The van der Waals surface area contributed by atoms with Crippen molar-refractivity contribution in [2.45, 2.75) is 13.8 Å². The second-order valence-corrected chi connectivity index (χ2v) is 5.95. The third-order valence-electron chi connectivity index (χ3n) is 3.03. The van der Waals surface area contributed by atoms with Crippen molar-refractivity contribution in [2.75, 3.05) is 17.7 Å². The number of halogens is 2. The number of hydrogen-bond acceptors (Lipinski definition) is 3. The molecule has 0 aliphatic carbocycles. The molecule has 2 aromatic rings. The van der Waals surface area contributed by atoms with Crippen LogP contribution >= 0.6 is 27.5 Å². The van der Waals surface area contributed by atoms with Gasteiger partial charge in [0.1, 0.15) is 5.82 Å². The van der Waals surface area contributed by atoms with Gasteiger partial charge in [0.25, 0.3) is 5.91 Å². The number of nitrogens with one attached hydrogen (secondary N) is 2. The summed E-state index contributed by atoms with van der Waals surface area (Å²) in [5.74, 6) is 0.316. The van der Waals surface area contributed by atoms with Gasteiger partial charge in [0.2, 0.25) is 0 Å². The SMILES string of the molecule is CNc1cc(C(=O)Nc2c(C)cc(C)cc2Br)c(Cl)cn1. The summed E-state index contributed by atoms with van der Waals surface area (Å²) in [5.41, 5.74) is 3.22. The van der Waals surface area contributed by atoms with Crippen LogP contribution in [0, 0.1) is 13.8 Å². The highest BCUT2D eigenvalue weighted by Gasteiger charge is 2.15. The molecule has 1 amide bonds. The number of pyridine rings is 1. The molecule has 0 aliphatic rings. The van der Waals surface area contributed by atoms with Gasteiger partial charge in [0.05, 0.1) is 16.3 Å². The molecule has 0 bridgehead atoms. The lowest BCUT2D eigenvalue weighted by atomic mass is 10.1. The Morgan fingerprint density at radius 1 is 1.29 bits per heavy atom. The third-order valence-corrected chi connectivity index (χ3v) is 3.95. The molecule has 6 heteroatoms. The summed E-state index contributed by atoms with van der Waals surface area (Å²) in [7, 11) is 1.73. The number of anilines is 2. The number of carbonyl (C=O) groups excluding carboxylic acids is 1. The van der Waals surface area contributed by atoms with Crippen LogP contribution in [0.25, 0.3) is 0 Å². The maximum Gasteiger partial charge on any atom is 0.257 e. The molecule has 0 saturated carbocycles. The van der Waals surface area contributed by atoms with Crippen molar-refractivity contribution in [3.05, 3.63) is 50.6 Å². The Kier molecular flexibility index (Phi) is 4.85. The number of aromatic nitrogens is 1. The lowest BCUT2D eigenvalue weighted by molar-refractivity contribution is 0.102. The minimum absolute atomic E-state index is 0.272. The van der Waals surface area contributed by atoms with Crippen LogP contribution in [0.15, 0.2) is 28.9 Å². The first-order valence-electron chi connectivity index (χ1n) is 6.33. The van der Waals surface area contributed by atoms with Crippen molar-refractivity contribution >= 4 is 44.9 Å². The summed E-state index contributed by atoms with van der Waals surface area (Å²) in [5, 5.41) is 6.09. The first-order valence-corrected chi connectivity index (χ1v) is 7.51. The van der Waals surface area contributed by atoms with Crippen LogP contribution in [0.4, 0.5) is 11.5 Å². The second-order valence-electron chi connectivity index (χ2n) is 4.69. The molecule has 0 spiro atoms. The van der Waals surface area contributed by atoms with Crippen molar-refractivity contribution in [3.63, 3.8) is 0 Å². The molecule has 1 heterocycles. The molecular formula is C15H15BrClN3O. The first kappa shape index (κ1) is 15.8. The van der Waals surface area contributed by atoms with Gasteiger partial charge in [-0.3, -0.25) is 4.79 Å². The summed E-state index contributed by atoms with van der Waals surface area (Å²) >= 11 is 9.53. The Hall–Kier alpha value is -1.59. The number of hydrogen-bond donors (Lipinski definition) is 2. The van der Waals surface area contributed by atoms with Gasteiger partial charge in [0, 0.05) is 17.7 Å². The van der Waals surface area contributed by atoms with E-state index in [-0.39, 0.29) is 5.91 Å². The van der Waals surface area contributed by atoms with Gasteiger partial charge in [-0.25, -0.2) is 4.98 Å². The highest BCUT2D eigenvalue weighted by molar-refractivity contribution is 9.10. The zero-order valence-corrected chi connectivity index (χ0v) is 14.3. The monoisotopic (exact) mass is 367 g/mol. The normalized spacial score (nSPS) is 10.3. The smallest absolute Gasteiger partial charge is 0.257 e. The molecule has 1 aromatic carbocycles. The largest absolute Gasteiger partial charge is 0.373 e. The van der Waals surface area contributed by atoms with E-state index in [0.717, 1.165) is 21.3 Å². The molecule has 4 nitrogen and oxygen atoms in total. The molecule has 0 fully saturated rings. The molecule has 0 aliphatic heterocycles. The molecule has 21 heavy (non-hydrogen) atoms. The molecule has 0 radical (unpaired) electrons. The number of rotatable bonds is 3. The van der Waals surface area contributed by atoms with Gasteiger partial charge in [-0.15, -0.1) is 0 Å². The van der Waals surface area contributed by atoms with Gasteiger partial charge < -0.3 is 10.6 Å². The summed E-state index contributed by atoms with van der Waals surface area (Å²) in [6.45, 7) is 3.95. The summed E-state index contributed by atoms with van der Waals surface area (Å²) in [4.78, 5) is 16.5.